The monoisotopic (exact) mass is 290 g/mol. The van der Waals surface area contributed by atoms with Gasteiger partial charge in [-0.1, -0.05) is 78.9 Å². The van der Waals surface area contributed by atoms with E-state index in [1.165, 1.54) is 0 Å². The van der Waals surface area contributed by atoms with Crippen LogP contribution in [0.5, 0.6) is 0 Å². The Morgan fingerprint density at radius 3 is 1.23 bits per heavy atom. The maximum atomic E-state index is 10.5. The molecule has 110 valence electrons. The van der Waals surface area contributed by atoms with Gasteiger partial charge in [0.15, 0.2) is 0 Å². The number of aliphatic hydroxyl groups is 2. The predicted octanol–water partition coefficient (Wildman–Crippen LogP) is 3.85. The van der Waals surface area contributed by atoms with Crippen LogP contribution >= 0.6 is 0 Å². The normalized spacial score (nSPS) is 13.5. The highest BCUT2D eigenvalue weighted by atomic mass is 16.3. The summed E-state index contributed by atoms with van der Waals surface area (Å²) in [4.78, 5) is 0. The molecule has 2 N–H and O–H groups in total. The Hall–Kier alpha value is -2.42. The second kappa shape index (κ2) is 6.56. The van der Waals surface area contributed by atoms with E-state index in [4.69, 9.17) is 0 Å². The van der Waals surface area contributed by atoms with Crippen molar-refractivity contribution in [1.29, 1.82) is 0 Å². The Bertz CT molecular complexity index is 662. The van der Waals surface area contributed by atoms with Crippen molar-refractivity contribution < 1.29 is 10.2 Å². The van der Waals surface area contributed by atoms with Gasteiger partial charge in [0.2, 0.25) is 0 Å². The highest BCUT2D eigenvalue weighted by molar-refractivity contribution is 5.36. The van der Waals surface area contributed by atoms with E-state index in [1.807, 2.05) is 84.9 Å². The van der Waals surface area contributed by atoms with Crippen LogP contribution in [0.15, 0.2) is 84.9 Å². The summed E-state index contributed by atoms with van der Waals surface area (Å²) in [6.07, 6.45) is -1.38. The fraction of sp³-hybridized carbons (Fsp3) is 0.100. The average molecular weight is 290 g/mol. The molecule has 0 aliphatic carbocycles. The summed E-state index contributed by atoms with van der Waals surface area (Å²) in [6, 6.07) is 26.5. The molecule has 0 aliphatic rings. The van der Waals surface area contributed by atoms with Crippen LogP contribution in [0.4, 0.5) is 0 Å². The molecule has 2 heteroatoms. The Morgan fingerprint density at radius 1 is 0.455 bits per heavy atom. The van der Waals surface area contributed by atoms with E-state index in [9.17, 15) is 10.2 Å². The SMILES string of the molecule is O[C@H](c1ccccc1)c1cccc([C@@H](O)c2ccccc2)c1. The standard InChI is InChI=1S/C20H18O2/c21-19(15-8-3-1-4-9-15)17-12-7-13-18(14-17)20(22)16-10-5-2-6-11-16/h1-14,19-22H/t19-,20+. The first-order chi connectivity index (χ1) is 10.8. The molecule has 2 atom stereocenters. The summed E-state index contributed by atoms with van der Waals surface area (Å²) in [6.45, 7) is 0. The lowest BCUT2D eigenvalue weighted by molar-refractivity contribution is 0.213. The zero-order valence-electron chi connectivity index (χ0n) is 12.1. The van der Waals surface area contributed by atoms with Crippen LogP contribution in [0.2, 0.25) is 0 Å². The number of benzene rings is 3. The van der Waals surface area contributed by atoms with Crippen molar-refractivity contribution in [2.24, 2.45) is 0 Å². The van der Waals surface area contributed by atoms with Crippen LogP contribution in [-0.2, 0) is 0 Å². The van der Waals surface area contributed by atoms with Crippen LogP contribution in [0.25, 0.3) is 0 Å². The summed E-state index contributed by atoms with van der Waals surface area (Å²) >= 11 is 0. The molecule has 0 bridgehead atoms. The van der Waals surface area contributed by atoms with E-state index in [2.05, 4.69) is 0 Å². The first-order valence-corrected chi connectivity index (χ1v) is 7.31. The Kier molecular flexibility index (Phi) is 4.33. The van der Waals surface area contributed by atoms with Gasteiger partial charge in [0.05, 0.1) is 0 Å². The lowest BCUT2D eigenvalue weighted by Gasteiger charge is -2.16. The van der Waals surface area contributed by atoms with Crippen LogP contribution in [0, 0.1) is 0 Å². The van der Waals surface area contributed by atoms with Gasteiger partial charge >= 0.3 is 0 Å². The topological polar surface area (TPSA) is 40.5 Å². The van der Waals surface area contributed by atoms with Crippen LogP contribution in [0.1, 0.15) is 34.5 Å². The minimum Gasteiger partial charge on any atom is -0.384 e. The van der Waals surface area contributed by atoms with Gasteiger partial charge in [-0.05, 0) is 28.3 Å². The van der Waals surface area contributed by atoms with Gasteiger partial charge in [-0.15, -0.1) is 0 Å². The van der Waals surface area contributed by atoms with Crippen molar-refractivity contribution in [3.05, 3.63) is 107 Å². The lowest BCUT2D eigenvalue weighted by Crippen LogP contribution is -2.03. The largest absolute Gasteiger partial charge is 0.384 e. The number of aliphatic hydroxyl groups excluding tert-OH is 2. The Morgan fingerprint density at radius 2 is 0.818 bits per heavy atom. The van der Waals surface area contributed by atoms with Crippen molar-refractivity contribution in [2.45, 2.75) is 12.2 Å². The molecule has 0 unspecified atom stereocenters. The van der Waals surface area contributed by atoms with Crippen molar-refractivity contribution in [1.82, 2.24) is 0 Å². The lowest BCUT2D eigenvalue weighted by atomic mass is 9.96. The van der Waals surface area contributed by atoms with E-state index >= 15 is 0 Å². The summed E-state index contributed by atoms with van der Waals surface area (Å²) in [5, 5.41) is 21.0. The van der Waals surface area contributed by atoms with E-state index in [0.717, 1.165) is 22.3 Å². The molecule has 22 heavy (non-hydrogen) atoms. The molecule has 2 nitrogen and oxygen atoms in total. The highest BCUT2D eigenvalue weighted by Gasteiger charge is 2.14. The van der Waals surface area contributed by atoms with E-state index in [-0.39, 0.29) is 0 Å². The van der Waals surface area contributed by atoms with Crippen molar-refractivity contribution in [3.8, 4) is 0 Å². The first kappa shape index (κ1) is 14.5. The summed E-state index contributed by atoms with van der Waals surface area (Å²) in [5.41, 5.74) is 3.24. The molecule has 0 spiro atoms. The molecule has 0 aliphatic heterocycles. The molecule has 0 saturated carbocycles. The molecule has 0 saturated heterocycles. The van der Waals surface area contributed by atoms with Crippen molar-refractivity contribution >= 4 is 0 Å². The zero-order valence-corrected chi connectivity index (χ0v) is 12.1. The fourth-order valence-corrected chi connectivity index (χ4v) is 2.55. The molecular formula is C20H18O2. The van der Waals surface area contributed by atoms with Gasteiger partial charge in [0.1, 0.15) is 12.2 Å². The van der Waals surface area contributed by atoms with Gasteiger partial charge in [-0.25, -0.2) is 0 Å². The Labute approximate surface area is 130 Å². The van der Waals surface area contributed by atoms with Crippen molar-refractivity contribution in [2.75, 3.05) is 0 Å². The second-order valence-electron chi connectivity index (χ2n) is 5.30. The molecule has 0 fully saturated rings. The molecule has 0 radical (unpaired) electrons. The third-order valence-corrected chi connectivity index (χ3v) is 3.77. The van der Waals surface area contributed by atoms with Crippen LogP contribution in [0.3, 0.4) is 0 Å². The maximum Gasteiger partial charge on any atom is 0.104 e. The first-order valence-electron chi connectivity index (χ1n) is 7.31. The van der Waals surface area contributed by atoms with Gasteiger partial charge in [0.25, 0.3) is 0 Å². The summed E-state index contributed by atoms with van der Waals surface area (Å²) < 4.78 is 0. The number of rotatable bonds is 4. The quantitative estimate of drug-likeness (QED) is 0.766. The van der Waals surface area contributed by atoms with E-state index in [1.54, 1.807) is 0 Å². The third kappa shape index (κ3) is 3.08. The van der Waals surface area contributed by atoms with E-state index < -0.39 is 12.2 Å². The molecule has 3 rings (SSSR count). The smallest absolute Gasteiger partial charge is 0.104 e. The highest BCUT2D eigenvalue weighted by Crippen LogP contribution is 2.27. The third-order valence-electron chi connectivity index (χ3n) is 3.77. The minimum absolute atomic E-state index is 0.691. The van der Waals surface area contributed by atoms with Crippen molar-refractivity contribution in [3.63, 3.8) is 0 Å². The van der Waals surface area contributed by atoms with Gasteiger partial charge in [-0.3, -0.25) is 0 Å². The fourth-order valence-electron chi connectivity index (χ4n) is 2.55. The molecular weight excluding hydrogens is 272 g/mol. The predicted molar refractivity (Wildman–Crippen MR) is 87.4 cm³/mol. The maximum absolute atomic E-state index is 10.5. The van der Waals surface area contributed by atoms with Gasteiger partial charge in [0, 0.05) is 0 Å². The molecule has 0 heterocycles. The number of hydrogen-bond donors (Lipinski definition) is 2. The molecule has 3 aromatic rings. The van der Waals surface area contributed by atoms with E-state index in [0.29, 0.717) is 0 Å². The van der Waals surface area contributed by atoms with Crippen LogP contribution in [-0.4, -0.2) is 10.2 Å². The Balaban J connectivity index is 1.90. The zero-order chi connectivity index (χ0) is 15.4. The van der Waals surface area contributed by atoms with Gasteiger partial charge in [-0.2, -0.15) is 0 Å². The average Bonchev–Trinajstić information content (AvgIpc) is 2.62. The van der Waals surface area contributed by atoms with Gasteiger partial charge < -0.3 is 10.2 Å². The summed E-state index contributed by atoms with van der Waals surface area (Å²) in [7, 11) is 0. The minimum atomic E-state index is -0.691. The second-order valence-corrected chi connectivity index (χ2v) is 5.30. The number of hydrogen-bond acceptors (Lipinski definition) is 2. The molecule has 0 aromatic heterocycles. The molecule has 0 amide bonds. The summed E-state index contributed by atoms with van der Waals surface area (Å²) in [5.74, 6) is 0. The molecule has 3 aromatic carbocycles. The van der Waals surface area contributed by atoms with Crippen LogP contribution < -0.4 is 0 Å².